The van der Waals surface area contributed by atoms with E-state index in [4.69, 9.17) is 23.8 Å². The van der Waals surface area contributed by atoms with Crippen LogP contribution < -0.4 is 0 Å². The SMILES string of the molecule is c1cc(-c2nc(-c3ccc4c(c3)oc3ccccc34)nc(-c3cccc4oc5ccccc5c34)n2)cc(-n2c3ccccc3c3c4ccccc4ccc32)c1. The minimum Gasteiger partial charge on any atom is -0.456 e. The molecule has 55 heavy (non-hydrogen) atoms. The zero-order chi connectivity index (χ0) is 36.0. The van der Waals surface area contributed by atoms with Gasteiger partial charge in [0.2, 0.25) is 0 Å². The van der Waals surface area contributed by atoms with Crippen LogP contribution in [0, 0.1) is 0 Å². The third-order valence-electron chi connectivity index (χ3n) is 10.8. The number of rotatable bonds is 4. The quantitative estimate of drug-likeness (QED) is 0.182. The molecule has 12 aromatic rings. The largest absolute Gasteiger partial charge is 0.456 e. The van der Waals surface area contributed by atoms with Gasteiger partial charge in [0, 0.05) is 54.7 Å². The topological polar surface area (TPSA) is 69.9 Å². The molecular formula is C49H28N4O2. The molecule has 4 heterocycles. The molecule has 8 aromatic carbocycles. The molecule has 0 aliphatic carbocycles. The van der Waals surface area contributed by atoms with E-state index in [9.17, 15) is 0 Å². The van der Waals surface area contributed by atoms with Crippen molar-refractivity contribution in [3.05, 3.63) is 170 Å². The van der Waals surface area contributed by atoms with Gasteiger partial charge in [-0.15, -0.1) is 0 Å². The molecule has 0 aliphatic heterocycles. The fourth-order valence-electron chi connectivity index (χ4n) is 8.38. The second kappa shape index (κ2) is 11.5. The Kier molecular flexibility index (Phi) is 6.24. The van der Waals surface area contributed by atoms with Crippen molar-refractivity contribution in [2.75, 3.05) is 0 Å². The monoisotopic (exact) mass is 704 g/mol. The molecule has 0 fully saturated rings. The van der Waals surface area contributed by atoms with E-state index in [1.54, 1.807) is 0 Å². The Morgan fingerprint density at radius 1 is 0.364 bits per heavy atom. The van der Waals surface area contributed by atoms with Crippen LogP contribution in [0.1, 0.15) is 0 Å². The normalized spacial score (nSPS) is 12.0. The molecule has 0 bridgehead atoms. The number of aromatic nitrogens is 4. The summed E-state index contributed by atoms with van der Waals surface area (Å²) >= 11 is 0. The van der Waals surface area contributed by atoms with Gasteiger partial charge in [-0.2, -0.15) is 0 Å². The zero-order valence-electron chi connectivity index (χ0n) is 29.3. The van der Waals surface area contributed by atoms with Crippen molar-refractivity contribution >= 4 is 76.5 Å². The summed E-state index contributed by atoms with van der Waals surface area (Å²) < 4.78 is 14.9. The Morgan fingerprint density at radius 2 is 1.00 bits per heavy atom. The highest BCUT2D eigenvalue weighted by Gasteiger charge is 2.20. The lowest BCUT2D eigenvalue weighted by Crippen LogP contribution is -2.01. The first kappa shape index (κ1) is 29.9. The molecule has 6 nitrogen and oxygen atoms in total. The van der Waals surface area contributed by atoms with E-state index in [-0.39, 0.29) is 0 Å². The molecule has 0 amide bonds. The summed E-state index contributed by atoms with van der Waals surface area (Å²) in [6.07, 6.45) is 0. The van der Waals surface area contributed by atoms with Gasteiger partial charge in [-0.05, 0) is 65.4 Å². The lowest BCUT2D eigenvalue weighted by Gasteiger charge is -2.12. The van der Waals surface area contributed by atoms with Crippen LogP contribution in [0.4, 0.5) is 0 Å². The van der Waals surface area contributed by atoms with Gasteiger partial charge < -0.3 is 13.4 Å². The highest BCUT2D eigenvalue weighted by atomic mass is 16.3. The summed E-state index contributed by atoms with van der Waals surface area (Å²) in [4.78, 5) is 15.6. The summed E-state index contributed by atoms with van der Waals surface area (Å²) in [5.41, 5.74) is 9.14. The van der Waals surface area contributed by atoms with Gasteiger partial charge >= 0.3 is 0 Å². The predicted octanol–water partition coefficient (Wildman–Crippen LogP) is 12.9. The maximum atomic E-state index is 6.31. The summed E-state index contributed by atoms with van der Waals surface area (Å²) in [7, 11) is 0. The van der Waals surface area contributed by atoms with Crippen molar-refractivity contribution in [3.63, 3.8) is 0 Å². The van der Waals surface area contributed by atoms with Crippen molar-refractivity contribution in [1.29, 1.82) is 0 Å². The van der Waals surface area contributed by atoms with Crippen LogP contribution in [-0.2, 0) is 0 Å². The van der Waals surface area contributed by atoms with Gasteiger partial charge in [0.05, 0.1) is 11.0 Å². The van der Waals surface area contributed by atoms with E-state index in [0.717, 1.165) is 77.3 Å². The molecule has 256 valence electrons. The van der Waals surface area contributed by atoms with E-state index in [1.807, 2.05) is 54.6 Å². The fraction of sp³-hybridized carbons (Fsp3) is 0. The summed E-state index contributed by atoms with van der Waals surface area (Å²) in [6, 6.07) is 58.6. The van der Waals surface area contributed by atoms with Crippen molar-refractivity contribution in [2.24, 2.45) is 0 Å². The standard InChI is InChI=1S/C49H28N4O2/c1-2-14-33-29(11-1)24-26-40-45(33)36-16-3-6-19-39(36)53(40)32-13-9-12-30(27-32)47-50-48(31-23-25-35-34-15-4-7-20-41(34)55-44(35)28-31)52-49(51-47)38-18-10-22-43-46(38)37-17-5-8-21-42(37)54-43/h1-28H. The van der Waals surface area contributed by atoms with Crippen molar-refractivity contribution in [3.8, 4) is 39.9 Å². The Labute approximate surface area is 313 Å². The van der Waals surface area contributed by atoms with Crippen LogP contribution in [0.15, 0.2) is 179 Å². The smallest absolute Gasteiger partial charge is 0.164 e. The lowest BCUT2D eigenvalue weighted by molar-refractivity contribution is 0.668. The van der Waals surface area contributed by atoms with Crippen molar-refractivity contribution in [1.82, 2.24) is 19.5 Å². The van der Waals surface area contributed by atoms with Gasteiger partial charge in [0.15, 0.2) is 17.5 Å². The molecule has 0 atom stereocenters. The van der Waals surface area contributed by atoms with E-state index in [1.165, 1.54) is 21.5 Å². The molecule has 0 N–H and O–H groups in total. The van der Waals surface area contributed by atoms with Gasteiger partial charge in [0.25, 0.3) is 0 Å². The van der Waals surface area contributed by atoms with Gasteiger partial charge in [-0.1, -0.05) is 115 Å². The highest BCUT2D eigenvalue weighted by molar-refractivity contribution is 6.21. The Bertz CT molecular complexity index is 3520. The molecule has 12 rings (SSSR count). The fourth-order valence-corrected chi connectivity index (χ4v) is 8.38. The van der Waals surface area contributed by atoms with E-state index >= 15 is 0 Å². The Balaban J connectivity index is 1.10. The molecule has 0 unspecified atom stereocenters. The first-order valence-corrected chi connectivity index (χ1v) is 18.4. The average molecular weight is 705 g/mol. The van der Waals surface area contributed by atoms with Crippen LogP contribution in [0.2, 0.25) is 0 Å². The third-order valence-corrected chi connectivity index (χ3v) is 10.8. The number of benzene rings is 8. The molecule has 0 spiro atoms. The summed E-state index contributed by atoms with van der Waals surface area (Å²) in [5, 5.41) is 9.03. The van der Waals surface area contributed by atoms with Crippen LogP contribution in [0.5, 0.6) is 0 Å². The molecule has 0 saturated heterocycles. The average Bonchev–Trinajstić information content (AvgIpc) is 3.93. The van der Waals surface area contributed by atoms with E-state index in [0.29, 0.717) is 17.5 Å². The Hall–Kier alpha value is -7.57. The minimum absolute atomic E-state index is 0.556. The van der Waals surface area contributed by atoms with Crippen molar-refractivity contribution < 1.29 is 8.83 Å². The number of furan rings is 2. The summed E-state index contributed by atoms with van der Waals surface area (Å²) in [6.45, 7) is 0. The predicted molar refractivity (Wildman–Crippen MR) is 223 cm³/mol. The number of hydrogen-bond acceptors (Lipinski definition) is 5. The second-order valence-corrected chi connectivity index (χ2v) is 14.0. The lowest BCUT2D eigenvalue weighted by atomic mass is 10.0. The number of fused-ring (bicyclic) bond motifs is 11. The Morgan fingerprint density at radius 3 is 1.87 bits per heavy atom. The molecule has 0 aliphatic rings. The van der Waals surface area contributed by atoms with E-state index < -0.39 is 0 Å². The van der Waals surface area contributed by atoms with Crippen LogP contribution in [0.25, 0.3) is 116 Å². The third kappa shape index (κ3) is 4.52. The number of hydrogen-bond donors (Lipinski definition) is 0. The number of nitrogens with zero attached hydrogens (tertiary/aromatic N) is 4. The van der Waals surface area contributed by atoms with Crippen LogP contribution in [0.3, 0.4) is 0 Å². The van der Waals surface area contributed by atoms with Gasteiger partial charge in [-0.3, -0.25) is 0 Å². The first-order chi connectivity index (χ1) is 27.2. The maximum absolute atomic E-state index is 6.31. The van der Waals surface area contributed by atoms with Gasteiger partial charge in [-0.25, -0.2) is 15.0 Å². The molecule has 4 aromatic heterocycles. The summed E-state index contributed by atoms with van der Waals surface area (Å²) in [5.74, 6) is 1.69. The minimum atomic E-state index is 0.556. The van der Waals surface area contributed by atoms with Crippen molar-refractivity contribution in [2.45, 2.75) is 0 Å². The second-order valence-electron chi connectivity index (χ2n) is 14.0. The maximum Gasteiger partial charge on any atom is 0.164 e. The van der Waals surface area contributed by atoms with Gasteiger partial charge in [0.1, 0.15) is 22.3 Å². The first-order valence-electron chi connectivity index (χ1n) is 18.4. The molecular weight excluding hydrogens is 677 g/mol. The molecule has 0 saturated carbocycles. The highest BCUT2D eigenvalue weighted by Crippen LogP contribution is 2.39. The molecule has 6 heteroatoms. The van der Waals surface area contributed by atoms with Crippen LogP contribution >= 0.6 is 0 Å². The molecule has 0 radical (unpaired) electrons. The van der Waals surface area contributed by atoms with E-state index in [2.05, 4.69) is 120 Å². The van der Waals surface area contributed by atoms with Crippen LogP contribution in [-0.4, -0.2) is 19.5 Å². The zero-order valence-corrected chi connectivity index (χ0v) is 29.3. The number of para-hydroxylation sites is 3.